The van der Waals surface area contributed by atoms with Crippen LogP contribution < -0.4 is 9.64 Å². The van der Waals surface area contributed by atoms with Crippen molar-refractivity contribution in [2.45, 2.75) is 45.4 Å². The molecule has 0 aromatic heterocycles. The van der Waals surface area contributed by atoms with Crippen LogP contribution in [0.5, 0.6) is 11.5 Å². The third-order valence-electron chi connectivity index (χ3n) is 6.91. The molecule has 1 aliphatic carbocycles. The minimum Gasteiger partial charge on any atom is -0.455 e. The smallest absolute Gasteiger partial charge is 0.269 e. The van der Waals surface area contributed by atoms with Crippen molar-refractivity contribution in [2.75, 3.05) is 18.0 Å². The first-order valence-corrected chi connectivity index (χ1v) is 11.9. The monoisotopic (exact) mass is 456 g/mol. The molecule has 0 fully saturated rings. The molecule has 1 heterocycles. The third-order valence-corrected chi connectivity index (χ3v) is 6.91. The molecule has 0 saturated heterocycles. The maximum Gasteiger partial charge on any atom is 0.269 e. The van der Waals surface area contributed by atoms with Gasteiger partial charge in [0.15, 0.2) is 5.75 Å². The molecule has 7 heteroatoms. The lowest BCUT2D eigenvalue weighted by Gasteiger charge is -2.18. The van der Waals surface area contributed by atoms with E-state index in [1.54, 1.807) is 12.1 Å². The topological polar surface area (TPSA) is 80.3 Å². The number of benzene rings is 3. The van der Waals surface area contributed by atoms with Gasteiger partial charge in [0, 0.05) is 37.0 Å². The molecule has 1 unspecified atom stereocenters. The molecule has 34 heavy (non-hydrogen) atoms. The summed E-state index contributed by atoms with van der Waals surface area (Å²) in [6.07, 6.45) is 4.43. The average Bonchev–Trinajstić information content (AvgIpc) is 3.45. The number of ether oxygens (including phenoxy) is 1. The number of aryl methyl sites for hydroxylation is 1. The summed E-state index contributed by atoms with van der Waals surface area (Å²) in [6.45, 7) is 6.31. The summed E-state index contributed by atoms with van der Waals surface area (Å²) in [5.41, 5.74) is 6.46. The number of rotatable bonds is 7. The number of fused-ring (bicyclic) bond motifs is 2. The quantitative estimate of drug-likeness (QED) is 0.208. The molecule has 7 nitrogen and oxygen atoms in total. The van der Waals surface area contributed by atoms with Crippen LogP contribution in [-0.2, 0) is 12.8 Å². The van der Waals surface area contributed by atoms with Crippen molar-refractivity contribution in [3.8, 4) is 11.5 Å². The number of hydrogen-bond acceptors (Lipinski definition) is 6. The second-order valence-corrected chi connectivity index (χ2v) is 8.86. The van der Waals surface area contributed by atoms with Gasteiger partial charge in [-0.05, 0) is 85.5 Å². The van der Waals surface area contributed by atoms with E-state index in [2.05, 4.69) is 53.2 Å². The first-order chi connectivity index (χ1) is 16.6. The van der Waals surface area contributed by atoms with Crippen molar-refractivity contribution >= 4 is 22.7 Å². The van der Waals surface area contributed by atoms with E-state index in [4.69, 9.17) is 4.74 Å². The Morgan fingerprint density at radius 1 is 1.03 bits per heavy atom. The van der Waals surface area contributed by atoms with E-state index in [-0.39, 0.29) is 5.69 Å². The highest BCUT2D eigenvalue weighted by molar-refractivity contribution is 5.69. The second-order valence-electron chi connectivity index (χ2n) is 8.86. The standard InChI is InChI=1S/C27H28N4O3/c1-3-18-5-6-19-7-12-23(16-24(18)19)34-27-17-26-20(13-14-30(26)4-2)15-25(27)29-28-21-8-10-22(11-9-21)31(32)33/h7-12,15-18H,3-6,13-14H2,1-2H3. The molecule has 0 radical (unpaired) electrons. The van der Waals surface area contributed by atoms with Gasteiger partial charge in [-0.25, -0.2) is 0 Å². The lowest BCUT2D eigenvalue weighted by atomic mass is 9.99. The highest BCUT2D eigenvalue weighted by atomic mass is 16.6. The van der Waals surface area contributed by atoms with Crippen LogP contribution in [0.4, 0.5) is 22.7 Å². The van der Waals surface area contributed by atoms with Crippen molar-refractivity contribution < 1.29 is 9.66 Å². The van der Waals surface area contributed by atoms with Crippen LogP contribution in [0.15, 0.2) is 64.8 Å². The fourth-order valence-electron chi connectivity index (χ4n) is 4.99. The van der Waals surface area contributed by atoms with Gasteiger partial charge in [-0.3, -0.25) is 10.1 Å². The van der Waals surface area contributed by atoms with Crippen molar-refractivity contribution in [1.29, 1.82) is 0 Å². The van der Waals surface area contributed by atoms with Crippen LogP contribution in [0.3, 0.4) is 0 Å². The zero-order valence-corrected chi connectivity index (χ0v) is 19.5. The number of anilines is 1. The summed E-state index contributed by atoms with van der Waals surface area (Å²) < 4.78 is 6.41. The molecule has 3 aromatic carbocycles. The Morgan fingerprint density at radius 2 is 1.85 bits per heavy atom. The van der Waals surface area contributed by atoms with Gasteiger partial charge in [-0.1, -0.05) is 13.0 Å². The number of non-ortho nitro benzene ring substituents is 1. The SMILES string of the molecule is CCC1CCc2ccc(Oc3cc4c(cc3N=Nc3ccc([N+](=O)[O-])cc3)CCN4CC)cc21. The number of nitrogens with zero attached hydrogens (tertiary/aromatic N) is 4. The van der Waals surface area contributed by atoms with Gasteiger partial charge in [0.2, 0.25) is 0 Å². The number of azo groups is 1. The fourth-order valence-corrected chi connectivity index (χ4v) is 4.99. The zero-order chi connectivity index (χ0) is 23.7. The Hall–Kier alpha value is -3.74. The number of likely N-dealkylation sites (N-methyl/N-ethyl adjacent to an activating group) is 1. The molecule has 174 valence electrons. The summed E-state index contributed by atoms with van der Waals surface area (Å²) >= 11 is 0. The van der Waals surface area contributed by atoms with E-state index in [1.807, 2.05) is 6.07 Å². The van der Waals surface area contributed by atoms with E-state index < -0.39 is 4.92 Å². The molecular weight excluding hydrogens is 428 g/mol. The Balaban J connectivity index is 1.49. The first-order valence-electron chi connectivity index (χ1n) is 11.9. The van der Waals surface area contributed by atoms with Crippen LogP contribution in [0, 0.1) is 10.1 Å². The molecule has 1 atom stereocenters. The summed E-state index contributed by atoms with van der Waals surface area (Å²) in [4.78, 5) is 12.8. The molecule has 5 rings (SSSR count). The largest absolute Gasteiger partial charge is 0.455 e. The lowest BCUT2D eigenvalue weighted by Crippen LogP contribution is -2.19. The summed E-state index contributed by atoms with van der Waals surface area (Å²) in [5.74, 6) is 2.07. The Labute approximate surface area is 199 Å². The summed E-state index contributed by atoms with van der Waals surface area (Å²) in [6, 6.07) is 16.6. The van der Waals surface area contributed by atoms with Crippen LogP contribution in [0.2, 0.25) is 0 Å². The van der Waals surface area contributed by atoms with Gasteiger partial charge in [-0.2, -0.15) is 5.11 Å². The number of nitro benzene ring substituents is 1. The Bertz CT molecular complexity index is 1250. The fraction of sp³-hybridized carbons (Fsp3) is 0.333. The van der Waals surface area contributed by atoms with Crippen molar-refractivity contribution in [2.24, 2.45) is 10.2 Å². The molecule has 0 saturated carbocycles. The third kappa shape index (κ3) is 4.25. The minimum atomic E-state index is -0.424. The predicted octanol–water partition coefficient (Wildman–Crippen LogP) is 7.62. The highest BCUT2D eigenvalue weighted by Gasteiger charge is 2.24. The Morgan fingerprint density at radius 3 is 2.59 bits per heavy atom. The van der Waals surface area contributed by atoms with Crippen molar-refractivity contribution in [3.05, 3.63) is 81.4 Å². The first kappa shape index (κ1) is 22.1. The zero-order valence-electron chi connectivity index (χ0n) is 19.5. The van der Waals surface area contributed by atoms with Crippen LogP contribution >= 0.6 is 0 Å². The van der Waals surface area contributed by atoms with Crippen LogP contribution in [-0.4, -0.2) is 18.0 Å². The van der Waals surface area contributed by atoms with Crippen LogP contribution in [0.25, 0.3) is 0 Å². The van der Waals surface area contributed by atoms with E-state index in [0.717, 1.165) is 38.1 Å². The Kier molecular flexibility index (Phi) is 6.01. The summed E-state index contributed by atoms with van der Waals surface area (Å²) in [5, 5.41) is 19.7. The van der Waals surface area contributed by atoms with E-state index in [0.29, 0.717) is 23.0 Å². The minimum absolute atomic E-state index is 0.0298. The normalized spacial score (nSPS) is 16.6. The predicted molar refractivity (Wildman–Crippen MR) is 133 cm³/mol. The maximum atomic E-state index is 10.9. The molecule has 0 N–H and O–H groups in total. The number of nitro groups is 1. The maximum absolute atomic E-state index is 10.9. The van der Waals surface area contributed by atoms with Crippen LogP contribution in [0.1, 0.15) is 49.3 Å². The second kappa shape index (κ2) is 9.25. The summed E-state index contributed by atoms with van der Waals surface area (Å²) in [7, 11) is 0. The molecule has 0 bridgehead atoms. The van der Waals surface area contributed by atoms with Gasteiger partial charge in [0.05, 0.1) is 10.6 Å². The molecule has 0 amide bonds. The molecule has 0 spiro atoms. The van der Waals surface area contributed by atoms with Crippen molar-refractivity contribution in [1.82, 2.24) is 0 Å². The lowest BCUT2D eigenvalue weighted by molar-refractivity contribution is -0.384. The molecular formula is C27H28N4O3. The van der Waals surface area contributed by atoms with E-state index in [9.17, 15) is 10.1 Å². The van der Waals surface area contributed by atoms with Gasteiger partial charge < -0.3 is 9.64 Å². The van der Waals surface area contributed by atoms with E-state index >= 15 is 0 Å². The van der Waals surface area contributed by atoms with Crippen molar-refractivity contribution in [3.63, 3.8) is 0 Å². The van der Waals surface area contributed by atoms with Gasteiger partial charge in [0.1, 0.15) is 11.4 Å². The van der Waals surface area contributed by atoms with E-state index in [1.165, 1.54) is 40.9 Å². The van der Waals surface area contributed by atoms with Gasteiger partial charge >= 0.3 is 0 Å². The molecule has 2 aliphatic rings. The highest BCUT2D eigenvalue weighted by Crippen LogP contribution is 2.43. The number of hydrogen-bond donors (Lipinski definition) is 0. The molecule has 1 aliphatic heterocycles. The van der Waals surface area contributed by atoms with Gasteiger partial charge in [-0.15, -0.1) is 5.11 Å². The van der Waals surface area contributed by atoms with Gasteiger partial charge in [0.25, 0.3) is 5.69 Å². The molecule has 3 aromatic rings. The average molecular weight is 457 g/mol.